The van der Waals surface area contributed by atoms with Gasteiger partial charge >= 0.3 is 0 Å². The zero-order valence-corrected chi connectivity index (χ0v) is 8.96. The quantitative estimate of drug-likeness (QED) is 0.797. The van der Waals surface area contributed by atoms with Crippen molar-refractivity contribution in [2.45, 2.75) is 25.8 Å². The number of halogens is 1. The minimum absolute atomic E-state index is 0.0863. The first-order chi connectivity index (χ1) is 6.27. The average molecular weight is 242 g/mol. The van der Waals surface area contributed by atoms with E-state index in [1.165, 1.54) is 12.8 Å². The fraction of sp³-hybridized carbons (Fsp3) is 0.500. The number of hydrogen-bond acceptors (Lipinski definition) is 1. The first-order valence-electron chi connectivity index (χ1n) is 4.62. The van der Waals surface area contributed by atoms with Crippen LogP contribution < -0.4 is 5.56 Å². The van der Waals surface area contributed by atoms with Crippen molar-refractivity contribution < 1.29 is 0 Å². The zero-order valence-electron chi connectivity index (χ0n) is 7.37. The SMILES string of the molecule is O=c1c(Br)cccn1CCC1CC1. The molecular formula is C10H12BrNO. The Labute approximate surface area is 85.7 Å². The summed E-state index contributed by atoms with van der Waals surface area (Å²) in [5.74, 6) is 0.880. The summed E-state index contributed by atoms with van der Waals surface area (Å²) in [7, 11) is 0. The summed E-state index contributed by atoms with van der Waals surface area (Å²) in [4.78, 5) is 11.5. The Bertz CT molecular complexity index is 354. The van der Waals surface area contributed by atoms with Crippen molar-refractivity contribution in [3.05, 3.63) is 33.2 Å². The van der Waals surface area contributed by atoms with Crippen molar-refractivity contribution in [2.75, 3.05) is 0 Å². The normalized spacial score (nSPS) is 16.1. The van der Waals surface area contributed by atoms with Gasteiger partial charge in [0, 0.05) is 12.7 Å². The summed E-state index contributed by atoms with van der Waals surface area (Å²) in [6, 6.07) is 3.69. The molecule has 0 atom stereocenters. The van der Waals surface area contributed by atoms with Crippen molar-refractivity contribution in [1.29, 1.82) is 0 Å². The highest BCUT2D eigenvalue weighted by Crippen LogP contribution is 2.32. The number of nitrogens with zero attached hydrogens (tertiary/aromatic N) is 1. The second kappa shape index (κ2) is 3.66. The number of hydrogen-bond donors (Lipinski definition) is 0. The molecule has 1 heterocycles. The van der Waals surface area contributed by atoms with Crippen LogP contribution in [0.5, 0.6) is 0 Å². The van der Waals surface area contributed by atoms with E-state index in [1.54, 1.807) is 10.6 Å². The second-order valence-corrected chi connectivity index (χ2v) is 4.44. The molecule has 2 rings (SSSR count). The van der Waals surface area contributed by atoms with Crippen LogP contribution in [0.25, 0.3) is 0 Å². The molecule has 1 aromatic heterocycles. The van der Waals surface area contributed by atoms with Crippen molar-refractivity contribution in [3.8, 4) is 0 Å². The van der Waals surface area contributed by atoms with E-state index in [-0.39, 0.29) is 5.56 Å². The Kier molecular flexibility index (Phi) is 2.54. The van der Waals surface area contributed by atoms with Crippen LogP contribution in [0.1, 0.15) is 19.3 Å². The van der Waals surface area contributed by atoms with Gasteiger partial charge < -0.3 is 4.57 Å². The molecule has 0 saturated heterocycles. The van der Waals surface area contributed by atoms with Crippen LogP contribution in [0.2, 0.25) is 0 Å². The van der Waals surface area contributed by atoms with E-state index >= 15 is 0 Å². The Morgan fingerprint density at radius 2 is 2.31 bits per heavy atom. The van der Waals surface area contributed by atoms with Crippen molar-refractivity contribution in [1.82, 2.24) is 4.57 Å². The maximum absolute atomic E-state index is 11.5. The maximum Gasteiger partial charge on any atom is 0.264 e. The molecule has 0 aliphatic heterocycles. The summed E-state index contributed by atoms with van der Waals surface area (Å²) in [5.41, 5.74) is 0.0863. The lowest BCUT2D eigenvalue weighted by atomic mass is 10.3. The van der Waals surface area contributed by atoms with E-state index in [1.807, 2.05) is 12.3 Å². The Hall–Kier alpha value is -0.570. The van der Waals surface area contributed by atoms with E-state index in [0.29, 0.717) is 4.47 Å². The molecule has 0 spiro atoms. The largest absolute Gasteiger partial charge is 0.315 e. The molecule has 0 bridgehead atoms. The topological polar surface area (TPSA) is 22.0 Å². The van der Waals surface area contributed by atoms with Crippen molar-refractivity contribution in [2.24, 2.45) is 5.92 Å². The summed E-state index contributed by atoms with van der Waals surface area (Å²) in [6.45, 7) is 0.864. The van der Waals surface area contributed by atoms with Gasteiger partial charge in [0.25, 0.3) is 5.56 Å². The predicted octanol–water partition coefficient (Wildman–Crippen LogP) is 2.41. The second-order valence-electron chi connectivity index (χ2n) is 3.59. The standard InChI is InChI=1S/C10H12BrNO/c11-9-2-1-6-12(10(9)13)7-5-8-3-4-8/h1-2,6,8H,3-5,7H2. The lowest BCUT2D eigenvalue weighted by Gasteiger charge is -2.04. The van der Waals surface area contributed by atoms with Crippen molar-refractivity contribution in [3.63, 3.8) is 0 Å². The van der Waals surface area contributed by atoms with Crippen LogP contribution in [0.3, 0.4) is 0 Å². The molecule has 1 saturated carbocycles. The molecule has 3 heteroatoms. The Morgan fingerprint density at radius 3 is 3.00 bits per heavy atom. The minimum atomic E-state index is 0.0863. The summed E-state index contributed by atoms with van der Waals surface area (Å²) in [5, 5.41) is 0. The third-order valence-electron chi connectivity index (χ3n) is 2.45. The van der Waals surface area contributed by atoms with Gasteiger partial charge in [-0.05, 0) is 40.4 Å². The minimum Gasteiger partial charge on any atom is -0.315 e. The van der Waals surface area contributed by atoms with E-state index < -0.39 is 0 Å². The molecule has 0 aromatic carbocycles. The Balaban J connectivity index is 2.09. The van der Waals surface area contributed by atoms with Gasteiger partial charge in [0.1, 0.15) is 0 Å². The van der Waals surface area contributed by atoms with Gasteiger partial charge in [-0.2, -0.15) is 0 Å². The Morgan fingerprint density at radius 1 is 1.54 bits per heavy atom. The molecule has 70 valence electrons. The van der Waals surface area contributed by atoms with Crippen molar-refractivity contribution >= 4 is 15.9 Å². The van der Waals surface area contributed by atoms with Gasteiger partial charge in [0.05, 0.1) is 4.47 Å². The fourth-order valence-electron chi connectivity index (χ4n) is 1.41. The lowest BCUT2D eigenvalue weighted by molar-refractivity contribution is 0.580. The van der Waals surface area contributed by atoms with Crippen LogP contribution in [0, 0.1) is 5.92 Å². The first-order valence-corrected chi connectivity index (χ1v) is 5.41. The van der Waals surface area contributed by atoms with Gasteiger partial charge in [-0.15, -0.1) is 0 Å². The summed E-state index contributed by atoms with van der Waals surface area (Å²) >= 11 is 3.24. The highest BCUT2D eigenvalue weighted by atomic mass is 79.9. The van der Waals surface area contributed by atoms with E-state index in [2.05, 4.69) is 15.9 Å². The van der Waals surface area contributed by atoms with Crippen LogP contribution in [-0.2, 0) is 6.54 Å². The van der Waals surface area contributed by atoms with E-state index in [9.17, 15) is 4.79 Å². The fourth-order valence-corrected chi connectivity index (χ4v) is 1.79. The average Bonchev–Trinajstić information content (AvgIpc) is 2.91. The number of pyridine rings is 1. The smallest absolute Gasteiger partial charge is 0.264 e. The lowest BCUT2D eigenvalue weighted by Crippen LogP contribution is -2.19. The number of aryl methyl sites for hydroxylation is 1. The maximum atomic E-state index is 11.5. The van der Waals surface area contributed by atoms with Gasteiger partial charge in [0.2, 0.25) is 0 Å². The third-order valence-corrected chi connectivity index (χ3v) is 3.05. The van der Waals surface area contributed by atoms with Crippen LogP contribution in [0.4, 0.5) is 0 Å². The molecule has 0 amide bonds. The monoisotopic (exact) mass is 241 g/mol. The van der Waals surface area contributed by atoms with Gasteiger partial charge in [-0.1, -0.05) is 12.8 Å². The van der Waals surface area contributed by atoms with Gasteiger partial charge in [-0.3, -0.25) is 4.79 Å². The van der Waals surface area contributed by atoms with Gasteiger partial charge in [-0.25, -0.2) is 0 Å². The molecular weight excluding hydrogens is 230 g/mol. The summed E-state index contributed by atoms with van der Waals surface area (Å²) < 4.78 is 2.44. The van der Waals surface area contributed by atoms with E-state index in [0.717, 1.165) is 18.9 Å². The highest BCUT2D eigenvalue weighted by molar-refractivity contribution is 9.10. The molecule has 0 unspecified atom stereocenters. The third kappa shape index (κ3) is 2.21. The molecule has 1 aliphatic carbocycles. The number of rotatable bonds is 3. The summed E-state index contributed by atoms with van der Waals surface area (Å²) in [6.07, 6.45) is 5.71. The molecule has 1 aliphatic rings. The van der Waals surface area contributed by atoms with Crippen LogP contribution in [-0.4, -0.2) is 4.57 Å². The molecule has 2 nitrogen and oxygen atoms in total. The van der Waals surface area contributed by atoms with E-state index in [4.69, 9.17) is 0 Å². The number of aromatic nitrogens is 1. The molecule has 13 heavy (non-hydrogen) atoms. The molecule has 1 fully saturated rings. The molecule has 1 aromatic rings. The predicted molar refractivity (Wildman–Crippen MR) is 55.7 cm³/mol. The van der Waals surface area contributed by atoms with Crippen LogP contribution >= 0.6 is 15.9 Å². The van der Waals surface area contributed by atoms with Gasteiger partial charge in [0.15, 0.2) is 0 Å². The highest BCUT2D eigenvalue weighted by Gasteiger charge is 2.20. The zero-order chi connectivity index (χ0) is 9.26. The molecule has 0 N–H and O–H groups in total. The first kappa shape index (κ1) is 9.00. The molecule has 0 radical (unpaired) electrons. The van der Waals surface area contributed by atoms with Crippen LogP contribution in [0.15, 0.2) is 27.6 Å².